The monoisotopic (exact) mass is 366 g/mol. The van der Waals surface area contributed by atoms with Gasteiger partial charge in [-0.25, -0.2) is 0 Å². The number of benzene rings is 1. The maximum Gasteiger partial charge on any atom is 0.250 e. The van der Waals surface area contributed by atoms with E-state index < -0.39 is 5.91 Å². The van der Waals surface area contributed by atoms with Gasteiger partial charge in [0.05, 0.1) is 11.3 Å². The second-order valence-electron chi connectivity index (χ2n) is 6.69. The number of rotatable bonds is 5. The molecule has 2 aliphatic rings. The fraction of sp³-hybridized carbons (Fsp3) is 0.556. The minimum atomic E-state index is -0.427. The van der Waals surface area contributed by atoms with Gasteiger partial charge in [0.2, 0.25) is 5.91 Å². The summed E-state index contributed by atoms with van der Waals surface area (Å²) in [5.41, 5.74) is 7.60. The largest absolute Gasteiger partial charge is 0.371 e. The van der Waals surface area contributed by atoms with Crippen molar-refractivity contribution in [2.75, 3.05) is 29.9 Å². The molecule has 0 bridgehead atoms. The molecule has 1 aromatic rings. The van der Waals surface area contributed by atoms with Gasteiger partial charge < -0.3 is 21.3 Å². The zero-order valence-corrected chi connectivity index (χ0v) is 15.2. The van der Waals surface area contributed by atoms with Crippen molar-refractivity contribution in [2.45, 2.75) is 44.6 Å². The molecular formula is C18H27ClN4O2. The molecule has 1 aromatic carbocycles. The number of nitrogens with two attached hydrogens (primary N) is 1. The number of nitrogens with zero attached hydrogens (tertiary/aromatic N) is 1. The molecule has 138 valence electrons. The molecule has 2 saturated heterocycles. The van der Waals surface area contributed by atoms with Crippen molar-refractivity contribution < 1.29 is 9.59 Å². The number of carbonyl (C=O) groups excluding carboxylic acids is 2. The highest BCUT2D eigenvalue weighted by molar-refractivity contribution is 6.00. The van der Waals surface area contributed by atoms with Crippen LogP contribution in [0.3, 0.4) is 0 Å². The molecule has 7 heteroatoms. The summed E-state index contributed by atoms with van der Waals surface area (Å²) in [5, 5.41) is 6.29. The molecule has 0 radical (unpaired) electrons. The van der Waals surface area contributed by atoms with Gasteiger partial charge in [0.25, 0.3) is 5.91 Å². The third kappa shape index (κ3) is 5.09. The zero-order valence-electron chi connectivity index (χ0n) is 14.4. The fourth-order valence-corrected chi connectivity index (χ4v) is 3.58. The van der Waals surface area contributed by atoms with Gasteiger partial charge in [-0.3, -0.25) is 9.59 Å². The van der Waals surface area contributed by atoms with Crippen LogP contribution in [-0.4, -0.2) is 37.5 Å². The highest BCUT2D eigenvalue weighted by Crippen LogP contribution is 2.27. The molecular weight excluding hydrogens is 340 g/mol. The van der Waals surface area contributed by atoms with E-state index in [9.17, 15) is 9.59 Å². The Morgan fingerprint density at radius 1 is 1.20 bits per heavy atom. The van der Waals surface area contributed by atoms with Crippen molar-refractivity contribution in [3.8, 4) is 0 Å². The van der Waals surface area contributed by atoms with Crippen LogP contribution >= 0.6 is 12.4 Å². The Morgan fingerprint density at radius 2 is 1.96 bits per heavy atom. The SMILES string of the molecule is Cl.NC(=O)c1ccc(NC(=O)CC2CCCN2)cc1N1CCCCC1. The quantitative estimate of drug-likeness (QED) is 0.746. The number of amides is 2. The number of anilines is 2. The van der Waals surface area contributed by atoms with E-state index in [0.717, 1.165) is 56.7 Å². The Bertz CT molecular complexity index is 611. The lowest BCUT2D eigenvalue weighted by molar-refractivity contribution is -0.116. The van der Waals surface area contributed by atoms with Crippen LogP contribution in [0.1, 0.15) is 48.9 Å². The van der Waals surface area contributed by atoms with Crippen LogP contribution in [0.15, 0.2) is 18.2 Å². The molecule has 6 nitrogen and oxygen atoms in total. The normalized spacial score (nSPS) is 20.0. The van der Waals surface area contributed by atoms with Gasteiger partial charge in [-0.05, 0) is 56.8 Å². The second kappa shape index (κ2) is 9.06. The molecule has 4 N–H and O–H groups in total. The smallest absolute Gasteiger partial charge is 0.250 e. The number of primary amides is 1. The number of hydrogen-bond donors (Lipinski definition) is 3. The van der Waals surface area contributed by atoms with Gasteiger partial charge in [-0.15, -0.1) is 12.4 Å². The van der Waals surface area contributed by atoms with E-state index in [1.54, 1.807) is 12.1 Å². The lowest BCUT2D eigenvalue weighted by Gasteiger charge is -2.30. The van der Waals surface area contributed by atoms with Gasteiger partial charge in [-0.1, -0.05) is 0 Å². The van der Waals surface area contributed by atoms with Crippen molar-refractivity contribution >= 4 is 35.6 Å². The molecule has 2 aliphatic heterocycles. The fourth-order valence-electron chi connectivity index (χ4n) is 3.58. The molecule has 0 saturated carbocycles. The highest BCUT2D eigenvalue weighted by Gasteiger charge is 2.20. The number of piperidine rings is 1. The first-order valence-electron chi connectivity index (χ1n) is 8.85. The first-order valence-corrected chi connectivity index (χ1v) is 8.85. The van der Waals surface area contributed by atoms with E-state index in [1.807, 2.05) is 6.07 Å². The van der Waals surface area contributed by atoms with E-state index in [0.29, 0.717) is 12.0 Å². The predicted molar refractivity (Wildman–Crippen MR) is 103 cm³/mol. The Hall–Kier alpha value is -1.79. The summed E-state index contributed by atoms with van der Waals surface area (Å²) in [4.78, 5) is 26.1. The van der Waals surface area contributed by atoms with Crippen molar-refractivity contribution in [1.29, 1.82) is 0 Å². The summed E-state index contributed by atoms with van der Waals surface area (Å²) in [7, 11) is 0. The van der Waals surface area contributed by atoms with Gasteiger partial charge in [0.1, 0.15) is 0 Å². The predicted octanol–water partition coefficient (Wildman–Crippen LogP) is 2.28. The van der Waals surface area contributed by atoms with Crippen molar-refractivity contribution in [2.24, 2.45) is 5.73 Å². The molecule has 2 fully saturated rings. The molecule has 2 amide bonds. The summed E-state index contributed by atoms with van der Waals surface area (Å²) in [6, 6.07) is 5.63. The first-order chi connectivity index (χ1) is 11.6. The van der Waals surface area contributed by atoms with E-state index in [1.165, 1.54) is 6.42 Å². The third-order valence-electron chi connectivity index (χ3n) is 4.84. The molecule has 0 spiro atoms. The van der Waals surface area contributed by atoms with Crippen molar-refractivity contribution in [1.82, 2.24) is 5.32 Å². The summed E-state index contributed by atoms with van der Waals surface area (Å²) < 4.78 is 0. The van der Waals surface area contributed by atoms with Gasteiger partial charge in [-0.2, -0.15) is 0 Å². The van der Waals surface area contributed by atoms with Crippen LogP contribution in [0, 0.1) is 0 Å². The number of carbonyl (C=O) groups is 2. The summed E-state index contributed by atoms with van der Waals surface area (Å²) in [6.07, 6.45) is 6.10. The molecule has 25 heavy (non-hydrogen) atoms. The van der Waals surface area contributed by atoms with Crippen LogP contribution in [0.2, 0.25) is 0 Å². The van der Waals surface area contributed by atoms with Crippen LogP contribution in [0.4, 0.5) is 11.4 Å². The average Bonchev–Trinajstić information content (AvgIpc) is 3.08. The van der Waals surface area contributed by atoms with E-state index in [4.69, 9.17) is 5.73 Å². The summed E-state index contributed by atoms with van der Waals surface area (Å²) >= 11 is 0. The summed E-state index contributed by atoms with van der Waals surface area (Å²) in [5.74, 6) is -0.422. The lowest BCUT2D eigenvalue weighted by atomic mass is 10.1. The summed E-state index contributed by atoms with van der Waals surface area (Å²) in [6.45, 7) is 2.83. The van der Waals surface area contributed by atoms with Crippen molar-refractivity contribution in [3.05, 3.63) is 23.8 Å². The lowest BCUT2D eigenvalue weighted by Crippen LogP contribution is -2.32. The first kappa shape index (κ1) is 19.5. The molecule has 1 atom stereocenters. The molecule has 0 aliphatic carbocycles. The van der Waals surface area contributed by atoms with Gasteiger partial charge in [0, 0.05) is 31.2 Å². The minimum Gasteiger partial charge on any atom is -0.371 e. The van der Waals surface area contributed by atoms with E-state index in [-0.39, 0.29) is 24.4 Å². The number of hydrogen-bond acceptors (Lipinski definition) is 4. The van der Waals surface area contributed by atoms with Gasteiger partial charge >= 0.3 is 0 Å². The Morgan fingerprint density at radius 3 is 2.60 bits per heavy atom. The van der Waals surface area contributed by atoms with Gasteiger partial charge in [0.15, 0.2) is 0 Å². The number of halogens is 1. The average molecular weight is 367 g/mol. The minimum absolute atomic E-state index is 0. The molecule has 2 heterocycles. The Balaban J connectivity index is 0.00000225. The van der Waals surface area contributed by atoms with Crippen LogP contribution in [0.25, 0.3) is 0 Å². The zero-order chi connectivity index (χ0) is 16.9. The number of nitrogens with one attached hydrogen (secondary N) is 2. The van der Waals surface area contributed by atoms with E-state index >= 15 is 0 Å². The Labute approximate surface area is 154 Å². The highest BCUT2D eigenvalue weighted by atomic mass is 35.5. The van der Waals surface area contributed by atoms with Crippen molar-refractivity contribution in [3.63, 3.8) is 0 Å². The van der Waals surface area contributed by atoms with Crippen LogP contribution < -0.4 is 21.3 Å². The molecule has 3 rings (SSSR count). The Kier molecular flexibility index (Phi) is 7.08. The van der Waals surface area contributed by atoms with Crippen LogP contribution in [0.5, 0.6) is 0 Å². The van der Waals surface area contributed by atoms with E-state index in [2.05, 4.69) is 15.5 Å². The maximum absolute atomic E-state index is 12.2. The maximum atomic E-state index is 12.2. The topological polar surface area (TPSA) is 87.5 Å². The van der Waals surface area contributed by atoms with Crippen LogP contribution in [-0.2, 0) is 4.79 Å². The standard InChI is InChI=1S/C18H26N4O2.ClH/c19-18(24)15-7-6-14(11-16(15)22-9-2-1-3-10-22)21-17(23)12-13-5-4-8-20-13;/h6-7,11,13,20H,1-5,8-10,12H2,(H2,19,24)(H,21,23);1H. The third-order valence-corrected chi connectivity index (χ3v) is 4.84. The second-order valence-corrected chi connectivity index (χ2v) is 6.69. The molecule has 0 aromatic heterocycles. The molecule has 1 unspecified atom stereocenters.